The minimum atomic E-state index is -0.299. The molecule has 0 heterocycles. The molecule has 0 aromatic heterocycles. The molecule has 0 aliphatic carbocycles. The van der Waals surface area contributed by atoms with Crippen molar-refractivity contribution >= 4 is 11.9 Å². The summed E-state index contributed by atoms with van der Waals surface area (Å²) in [6.45, 7) is 0.433. The molecule has 22 heavy (non-hydrogen) atoms. The number of benzene rings is 2. The highest BCUT2D eigenvalue weighted by Gasteiger charge is 2.09. The number of ether oxygens (including phenoxy) is 2. The van der Waals surface area contributed by atoms with E-state index in [2.05, 4.69) is 10.3 Å². The van der Waals surface area contributed by atoms with Crippen molar-refractivity contribution in [1.29, 1.82) is 0 Å². The van der Waals surface area contributed by atoms with Crippen LogP contribution in [0, 0.1) is 0 Å². The van der Waals surface area contributed by atoms with Gasteiger partial charge in [-0.3, -0.25) is 10.1 Å². The van der Waals surface area contributed by atoms with Crippen molar-refractivity contribution in [1.82, 2.24) is 5.32 Å². The highest BCUT2D eigenvalue weighted by Crippen LogP contribution is 2.12. The van der Waals surface area contributed by atoms with E-state index in [-0.39, 0.29) is 11.9 Å². The molecule has 0 bridgehead atoms. The first-order valence-corrected chi connectivity index (χ1v) is 6.80. The van der Waals surface area contributed by atoms with Crippen molar-refractivity contribution in [3.63, 3.8) is 0 Å². The van der Waals surface area contributed by atoms with E-state index in [1.807, 2.05) is 30.3 Å². The zero-order valence-corrected chi connectivity index (χ0v) is 12.6. The van der Waals surface area contributed by atoms with Gasteiger partial charge in [0, 0.05) is 5.56 Å². The van der Waals surface area contributed by atoms with Crippen LogP contribution in [0.15, 0.2) is 59.6 Å². The number of amides is 1. The summed E-state index contributed by atoms with van der Waals surface area (Å²) in [7, 11) is 3.02. The Kier molecular flexibility index (Phi) is 5.54. The summed E-state index contributed by atoms with van der Waals surface area (Å²) in [5, 5.41) is 2.64. The fraction of sp³-hybridized carbons (Fsp3) is 0.176. The van der Waals surface area contributed by atoms with E-state index in [1.165, 1.54) is 7.11 Å². The number of carbonyl (C=O) groups is 1. The zero-order chi connectivity index (χ0) is 15.8. The van der Waals surface area contributed by atoms with Gasteiger partial charge in [0.1, 0.15) is 5.75 Å². The highest BCUT2D eigenvalue weighted by molar-refractivity contribution is 6.04. The number of hydrogen-bond acceptors (Lipinski definition) is 4. The Morgan fingerprint density at radius 2 is 1.86 bits per heavy atom. The lowest BCUT2D eigenvalue weighted by Gasteiger charge is -2.08. The Labute approximate surface area is 129 Å². The molecule has 0 aliphatic heterocycles. The summed E-state index contributed by atoms with van der Waals surface area (Å²) >= 11 is 0. The molecule has 0 unspecified atom stereocenters. The summed E-state index contributed by atoms with van der Waals surface area (Å²) in [5.41, 5.74) is 1.51. The van der Waals surface area contributed by atoms with Crippen molar-refractivity contribution < 1.29 is 14.3 Å². The third kappa shape index (κ3) is 4.34. The minimum Gasteiger partial charge on any atom is -0.497 e. The summed E-state index contributed by atoms with van der Waals surface area (Å²) in [5.74, 6) is 0.320. The van der Waals surface area contributed by atoms with Crippen molar-refractivity contribution in [3.05, 3.63) is 65.7 Å². The van der Waals surface area contributed by atoms with Gasteiger partial charge in [-0.1, -0.05) is 36.4 Å². The average molecular weight is 298 g/mol. The van der Waals surface area contributed by atoms with Gasteiger partial charge in [0.25, 0.3) is 11.9 Å². The molecule has 2 aromatic rings. The summed E-state index contributed by atoms with van der Waals surface area (Å²) in [6.07, 6.45) is 0. The lowest BCUT2D eigenvalue weighted by Crippen LogP contribution is -2.31. The van der Waals surface area contributed by atoms with E-state index in [9.17, 15) is 4.79 Å². The lowest BCUT2D eigenvalue weighted by atomic mass is 10.2. The van der Waals surface area contributed by atoms with Crippen molar-refractivity contribution in [2.45, 2.75) is 6.54 Å². The van der Waals surface area contributed by atoms with Crippen LogP contribution in [0.3, 0.4) is 0 Å². The van der Waals surface area contributed by atoms with Crippen molar-refractivity contribution in [3.8, 4) is 5.75 Å². The third-order valence-corrected chi connectivity index (χ3v) is 2.99. The Morgan fingerprint density at radius 1 is 1.09 bits per heavy atom. The lowest BCUT2D eigenvalue weighted by molar-refractivity contribution is 0.0968. The van der Waals surface area contributed by atoms with E-state index < -0.39 is 0 Å². The molecule has 5 heteroatoms. The molecule has 1 amide bonds. The molecule has 1 N–H and O–H groups in total. The van der Waals surface area contributed by atoms with Crippen LogP contribution in [0.1, 0.15) is 15.9 Å². The molecule has 2 rings (SSSR count). The van der Waals surface area contributed by atoms with Crippen LogP contribution in [-0.4, -0.2) is 26.1 Å². The number of nitrogens with one attached hydrogen (secondary N) is 1. The van der Waals surface area contributed by atoms with Gasteiger partial charge in [-0.25, -0.2) is 4.99 Å². The molecule has 0 fully saturated rings. The number of rotatable bonds is 4. The first-order valence-electron chi connectivity index (χ1n) is 6.80. The molecule has 0 atom stereocenters. The van der Waals surface area contributed by atoms with Gasteiger partial charge < -0.3 is 9.47 Å². The molecular formula is C17H18N2O3. The van der Waals surface area contributed by atoms with Crippen LogP contribution in [0.5, 0.6) is 5.75 Å². The Balaban J connectivity index is 2.04. The largest absolute Gasteiger partial charge is 0.497 e. The minimum absolute atomic E-state index is 0.177. The Morgan fingerprint density at radius 3 is 2.55 bits per heavy atom. The van der Waals surface area contributed by atoms with E-state index in [1.54, 1.807) is 31.4 Å². The van der Waals surface area contributed by atoms with Gasteiger partial charge in [-0.15, -0.1) is 0 Å². The maximum atomic E-state index is 12.2. The number of nitrogens with zero attached hydrogens (tertiary/aromatic N) is 1. The fourth-order valence-corrected chi connectivity index (χ4v) is 1.84. The van der Waals surface area contributed by atoms with Crippen LogP contribution in [0.25, 0.3) is 0 Å². The predicted molar refractivity (Wildman–Crippen MR) is 85.1 cm³/mol. The van der Waals surface area contributed by atoms with E-state index in [0.717, 1.165) is 5.56 Å². The second-order valence-corrected chi connectivity index (χ2v) is 4.50. The summed E-state index contributed by atoms with van der Waals surface area (Å²) < 4.78 is 10.2. The smallest absolute Gasteiger partial charge is 0.291 e. The predicted octanol–water partition coefficient (Wildman–Crippen LogP) is 2.63. The van der Waals surface area contributed by atoms with Gasteiger partial charge in [0.05, 0.1) is 20.8 Å². The second kappa shape index (κ2) is 7.83. The van der Waals surface area contributed by atoms with Gasteiger partial charge >= 0.3 is 0 Å². The van der Waals surface area contributed by atoms with Crippen LogP contribution in [0.2, 0.25) is 0 Å². The van der Waals surface area contributed by atoms with E-state index in [4.69, 9.17) is 9.47 Å². The van der Waals surface area contributed by atoms with Crippen LogP contribution >= 0.6 is 0 Å². The number of carbonyl (C=O) groups excluding carboxylic acids is 1. The molecule has 114 valence electrons. The first-order chi connectivity index (χ1) is 10.7. The van der Waals surface area contributed by atoms with Crippen molar-refractivity contribution in [2.24, 2.45) is 4.99 Å². The Hall–Kier alpha value is -2.82. The van der Waals surface area contributed by atoms with E-state index in [0.29, 0.717) is 17.9 Å². The molecule has 0 saturated carbocycles. The average Bonchev–Trinajstić information content (AvgIpc) is 2.59. The second-order valence-electron chi connectivity index (χ2n) is 4.50. The maximum absolute atomic E-state index is 12.2. The molecule has 0 aliphatic rings. The SMILES string of the molecule is COC(=NCc1ccccc1)NC(=O)c1cccc(OC)c1. The van der Waals surface area contributed by atoms with Gasteiger partial charge in [0.15, 0.2) is 0 Å². The molecular weight excluding hydrogens is 280 g/mol. The number of amidine groups is 1. The first kappa shape index (κ1) is 15.6. The quantitative estimate of drug-likeness (QED) is 0.697. The zero-order valence-electron chi connectivity index (χ0n) is 12.6. The molecule has 0 spiro atoms. The summed E-state index contributed by atoms with van der Waals surface area (Å²) in [4.78, 5) is 16.4. The van der Waals surface area contributed by atoms with Gasteiger partial charge in [-0.05, 0) is 23.8 Å². The standard InChI is InChI=1S/C17H18N2O3/c1-21-15-10-6-9-14(11-15)16(20)19-17(22-2)18-12-13-7-4-3-5-8-13/h3-11H,12H2,1-2H3,(H,18,19,20). The maximum Gasteiger partial charge on any atom is 0.291 e. The van der Waals surface area contributed by atoms with Crippen molar-refractivity contribution in [2.75, 3.05) is 14.2 Å². The number of aliphatic imine (C=N–C) groups is 1. The summed E-state index contributed by atoms with van der Waals surface area (Å²) in [6, 6.07) is 16.8. The number of hydrogen-bond donors (Lipinski definition) is 1. The fourth-order valence-electron chi connectivity index (χ4n) is 1.84. The molecule has 0 saturated heterocycles. The van der Waals surface area contributed by atoms with Crippen LogP contribution < -0.4 is 10.1 Å². The van der Waals surface area contributed by atoms with Crippen LogP contribution in [0.4, 0.5) is 0 Å². The topological polar surface area (TPSA) is 59.9 Å². The van der Waals surface area contributed by atoms with Gasteiger partial charge in [0.2, 0.25) is 0 Å². The highest BCUT2D eigenvalue weighted by atomic mass is 16.5. The molecule has 2 aromatic carbocycles. The van der Waals surface area contributed by atoms with E-state index >= 15 is 0 Å². The number of methoxy groups -OCH3 is 2. The normalized spacial score (nSPS) is 10.9. The molecule has 5 nitrogen and oxygen atoms in total. The van der Waals surface area contributed by atoms with Gasteiger partial charge in [-0.2, -0.15) is 0 Å². The monoisotopic (exact) mass is 298 g/mol. The van der Waals surface area contributed by atoms with Crippen LogP contribution in [-0.2, 0) is 11.3 Å². The Bertz CT molecular complexity index is 654. The molecule has 0 radical (unpaired) electrons. The third-order valence-electron chi connectivity index (χ3n) is 2.99.